The fraction of sp³-hybridized carbons (Fsp3) is 0.625. The highest BCUT2D eigenvalue weighted by atomic mass is 19.4. The molecule has 0 spiro atoms. The predicted octanol–water partition coefficient (Wildman–Crippen LogP) is 1.35. The van der Waals surface area contributed by atoms with Gasteiger partial charge in [0.25, 0.3) is 0 Å². The molecule has 0 aliphatic rings. The lowest BCUT2D eigenvalue weighted by molar-refractivity contribution is -0.174. The summed E-state index contributed by atoms with van der Waals surface area (Å²) < 4.78 is 40.9. The van der Waals surface area contributed by atoms with Gasteiger partial charge in [0, 0.05) is 11.8 Å². The first-order chi connectivity index (χ1) is 6.88. The number of ether oxygens (including phenoxy) is 1. The molecule has 0 aliphatic heterocycles. The molecule has 0 aliphatic carbocycles. The third-order valence-electron chi connectivity index (χ3n) is 1.71. The number of aryl methyl sites for hydroxylation is 1. The van der Waals surface area contributed by atoms with Crippen molar-refractivity contribution in [3.63, 3.8) is 0 Å². The minimum absolute atomic E-state index is 0.0416. The predicted molar refractivity (Wildman–Crippen MR) is 48.3 cm³/mol. The van der Waals surface area contributed by atoms with Gasteiger partial charge in [-0.3, -0.25) is 4.68 Å². The number of aromatic nitrogens is 2. The smallest absolute Gasteiger partial charge is 0.382 e. The number of anilines is 1. The van der Waals surface area contributed by atoms with Crippen LogP contribution in [0, 0.1) is 6.92 Å². The molecule has 0 fully saturated rings. The van der Waals surface area contributed by atoms with Gasteiger partial charge in [-0.25, -0.2) is 0 Å². The van der Waals surface area contributed by atoms with Crippen LogP contribution in [0.1, 0.15) is 5.56 Å². The Morgan fingerprint density at radius 3 is 2.67 bits per heavy atom. The molecule has 1 aromatic heterocycles. The standard InChI is InChI=1S/C8H12F3N3O/c1-6-4-14(13-7(6)12)2-3-15-5-8(9,10)11/h4H,2-3,5H2,1H3,(H2,12,13). The molecule has 0 amide bonds. The van der Waals surface area contributed by atoms with Crippen molar-refractivity contribution in [1.82, 2.24) is 9.78 Å². The number of rotatable bonds is 4. The van der Waals surface area contributed by atoms with E-state index in [2.05, 4.69) is 9.84 Å². The van der Waals surface area contributed by atoms with Crippen LogP contribution < -0.4 is 5.73 Å². The summed E-state index contributed by atoms with van der Waals surface area (Å²) in [6.07, 6.45) is -2.62. The third kappa shape index (κ3) is 4.20. The lowest BCUT2D eigenvalue weighted by Gasteiger charge is -2.07. The number of hydrogen-bond donors (Lipinski definition) is 1. The summed E-state index contributed by atoms with van der Waals surface area (Å²) in [6, 6.07) is 0. The topological polar surface area (TPSA) is 53.1 Å². The second-order valence-electron chi connectivity index (χ2n) is 3.13. The van der Waals surface area contributed by atoms with Crippen molar-refractivity contribution < 1.29 is 17.9 Å². The van der Waals surface area contributed by atoms with Crippen LogP contribution in [0.15, 0.2) is 6.20 Å². The summed E-state index contributed by atoms with van der Waals surface area (Å²) >= 11 is 0. The summed E-state index contributed by atoms with van der Waals surface area (Å²) in [7, 11) is 0. The van der Waals surface area contributed by atoms with Crippen LogP contribution in [0.2, 0.25) is 0 Å². The Balaban J connectivity index is 2.26. The zero-order valence-corrected chi connectivity index (χ0v) is 8.21. The molecule has 1 aromatic rings. The molecule has 86 valence electrons. The number of nitrogens with zero attached hydrogens (tertiary/aromatic N) is 2. The van der Waals surface area contributed by atoms with E-state index in [9.17, 15) is 13.2 Å². The Kier molecular flexibility index (Phi) is 3.57. The second-order valence-corrected chi connectivity index (χ2v) is 3.13. The lowest BCUT2D eigenvalue weighted by Crippen LogP contribution is -2.19. The minimum atomic E-state index is -4.28. The molecule has 1 heterocycles. The van der Waals surface area contributed by atoms with E-state index in [1.165, 1.54) is 4.68 Å². The van der Waals surface area contributed by atoms with Gasteiger partial charge in [0.2, 0.25) is 0 Å². The first-order valence-electron chi connectivity index (χ1n) is 4.32. The molecule has 0 radical (unpaired) electrons. The van der Waals surface area contributed by atoms with E-state index in [0.29, 0.717) is 5.82 Å². The van der Waals surface area contributed by atoms with Gasteiger partial charge in [-0.1, -0.05) is 0 Å². The zero-order chi connectivity index (χ0) is 11.5. The molecule has 1 rings (SSSR count). The maximum absolute atomic E-state index is 11.7. The van der Waals surface area contributed by atoms with E-state index in [-0.39, 0.29) is 13.2 Å². The van der Waals surface area contributed by atoms with E-state index >= 15 is 0 Å². The van der Waals surface area contributed by atoms with E-state index < -0.39 is 12.8 Å². The minimum Gasteiger partial charge on any atom is -0.382 e. The molecule has 0 saturated carbocycles. The number of halogens is 3. The molecule has 7 heteroatoms. The molecular formula is C8H12F3N3O. The van der Waals surface area contributed by atoms with Crippen LogP contribution in [0.25, 0.3) is 0 Å². The van der Waals surface area contributed by atoms with Crippen LogP contribution in [-0.4, -0.2) is 29.2 Å². The summed E-state index contributed by atoms with van der Waals surface area (Å²) in [5.41, 5.74) is 6.26. The molecule has 4 nitrogen and oxygen atoms in total. The lowest BCUT2D eigenvalue weighted by atomic mass is 10.4. The number of hydrogen-bond acceptors (Lipinski definition) is 3. The Morgan fingerprint density at radius 1 is 1.53 bits per heavy atom. The van der Waals surface area contributed by atoms with Crippen molar-refractivity contribution >= 4 is 5.82 Å². The summed E-state index contributed by atoms with van der Waals surface area (Å²) in [6.45, 7) is 0.756. The maximum Gasteiger partial charge on any atom is 0.411 e. The summed E-state index contributed by atoms with van der Waals surface area (Å²) in [4.78, 5) is 0. The molecule has 0 unspecified atom stereocenters. The Labute approximate surface area is 84.8 Å². The third-order valence-corrected chi connectivity index (χ3v) is 1.71. The van der Waals surface area contributed by atoms with E-state index in [1.54, 1.807) is 13.1 Å². The van der Waals surface area contributed by atoms with Gasteiger partial charge in [-0.05, 0) is 6.92 Å². The normalized spacial score (nSPS) is 12.0. The van der Waals surface area contributed by atoms with Crippen molar-refractivity contribution in [3.8, 4) is 0 Å². The highest BCUT2D eigenvalue weighted by molar-refractivity contribution is 5.35. The molecular weight excluding hydrogens is 211 g/mol. The zero-order valence-electron chi connectivity index (χ0n) is 8.21. The van der Waals surface area contributed by atoms with Crippen molar-refractivity contribution in [1.29, 1.82) is 0 Å². The quantitative estimate of drug-likeness (QED) is 0.784. The molecule has 0 saturated heterocycles. The van der Waals surface area contributed by atoms with Gasteiger partial charge in [0.1, 0.15) is 12.4 Å². The van der Waals surface area contributed by atoms with Crippen molar-refractivity contribution in [3.05, 3.63) is 11.8 Å². The maximum atomic E-state index is 11.7. The van der Waals surface area contributed by atoms with Gasteiger partial charge in [0.15, 0.2) is 0 Å². The fourth-order valence-corrected chi connectivity index (χ4v) is 0.996. The average molecular weight is 223 g/mol. The molecule has 0 bridgehead atoms. The number of nitrogens with two attached hydrogens (primary N) is 1. The first-order valence-corrected chi connectivity index (χ1v) is 4.32. The SMILES string of the molecule is Cc1cn(CCOCC(F)(F)F)nc1N. The second kappa shape index (κ2) is 4.52. The van der Waals surface area contributed by atoms with Crippen LogP contribution in [-0.2, 0) is 11.3 Å². The van der Waals surface area contributed by atoms with E-state index in [0.717, 1.165) is 5.56 Å². The largest absolute Gasteiger partial charge is 0.411 e. The highest BCUT2D eigenvalue weighted by Gasteiger charge is 2.27. The van der Waals surface area contributed by atoms with Crippen molar-refractivity contribution in [2.24, 2.45) is 0 Å². The Bertz CT molecular complexity index is 302. The summed E-state index contributed by atoms with van der Waals surface area (Å²) in [5, 5.41) is 3.88. The molecule has 0 aromatic carbocycles. The van der Waals surface area contributed by atoms with Gasteiger partial charge in [-0.2, -0.15) is 18.3 Å². The van der Waals surface area contributed by atoms with Crippen LogP contribution in [0.3, 0.4) is 0 Å². The van der Waals surface area contributed by atoms with Gasteiger partial charge < -0.3 is 10.5 Å². The fourth-order valence-electron chi connectivity index (χ4n) is 0.996. The van der Waals surface area contributed by atoms with Gasteiger partial charge >= 0.3 is 6.18 Å². The highest BCUT2D eigenvalue weighted by Crippen LogP contribution is 2.14. The molecule has 0 atom stereocenters. The van der Waals surface area contributed by atoms with Crippen molar-refractivity contribution in [2.45, 2.75) is 19.6 Å². The van der Waals surface area contributed by atoms with Crippen LogP contribution in [0.5, 0.6) is 0 Å². The Morgan fingerprint density at radius 2 is 2.20 bits per heavy atom. The number of nitrogen functional groups attached to an aromatic ring is 1. The summed E-state index contributed by atoms with van der Waals surface area (Å²) in [5.74, 6) is 0.380. The molecule has 15 heavy (non-hydrogen) atoms. The molecule has 2 N–H and O–H groups in total. The first kappa shape index (κ1) is 11.8. The van der Waals surface area contributed by atoms with E-state index in [1.807, 2.05) is 0 Å². The van der Waals surface area contributed by atoms with Crippen LogP contribution in [0.4, 0.5) is 19.0 Å². The average Bonchev–Trinajstić information content (AvgIpc) is 2.39. The Hall–Kier alpha value is -1.24. The van der Waals surface area contributed by atoms with Gasteiger partial charge in [0.05, 0.1) is 13.2 Å². The van der Waals surface area contributed by atoms with Gasteiger partial charge in [-0.15, -0.1) is 0 Å². The van der Waals surface area contributed by atoms with Crippen molar-refractivity contribution in [2.75, 3.05) is 18.9 Å². The van der Waals surface area contributed by atoms with Crippen LogP contribution >= 0.6 is 0 Å². The number of alkyl halides is 3. The van der Waals surface area contributed by atoms with E-state index in [4.69, 9.17) is 5.73 Å². The monoisotopic (exact) mass is 223 g/mol.